The number of hydrogen-bond donors (Lipinski definition) is 0. The summed E-state index contributed by atoms with van der Waals surface area (Å²) in [6.45, 7) is 1.52. The van der Waals surface area contributed by atoms with Gasteiger partial charge in [-0.05, 0) is 38.1 Å². The average molecular weight is 233 g/mol. The maximum Gasteiger partial charge on any atom is 0.309 e. The molecule has 1 unspecified atom stereocenters. The topological polar surface area (TPSA) is 29.5 Å². The largest absolute Gasteiger partial charge is 0.465 e. The maximum absolute atomic E-state index is 11.4. The van der Waals surface area contributed by atoms with Crippen molar-refractivity contribution in [3.63, 3.8) is 0 Å². The van der Waals surface area contributed by atoms with Crippen LogP contribution in [0.15, 0.2) is 24.3 Å². The standard InChI is InChI=1S/C14H19NO2/c1-15(2)10-12-5-3-4-11(8-12)9-13-6-7-17-14(13)16/h3-5,8,13H,6-7,9-10H2,1-2H3. The molecule has 3 nitrogen and oxygen atoms in total. The van der Waals surface area contributed by atoms with Crippen molar-refractivity contribution >= 4 is 5.97 Å². The minimum absolute atomic E-state index is 0.0389. The van der Waals surface area contributed by atoms with E-state index < -0.39 is 0 Å². The second-order valence-corrected chi connectivity index (χ2v) is 4.91. The lowest BCUT2D eigenvalue weighted by Gasteiger charge is -2.11. The van der Waals surface area contributed by atoms with E-state index in [0.717, 1.165) is 19.4 Å². The molecule has 17 heavy (non-hydrogen) atoms. The van der Waals surface area contributed by atoms with Gasteiger partial charge < -0.3 is 9.64 Å². The zero-order valence-corrected chi connectivity index (χ0v) is 10.5. The third kappa shape index (κ3) is 3.30. The molecule has 1 aromatic rings. The van der Waals surface area contributed by atoms with Gasteiger partial charge in [-0.1, -0.05) is 24.3 Å². The first-order chi connectivity index (χ1) is 8.15. The van der Waals surface area contributed by atoms with E-state index in [-0.39, 0.29) is 11.9 Å². The first-order valence-electron chi connectivity index (χ1n) is 6.04. The molecule has 1 aliphatic rings. The SMILES string of the molecule is CN(C)Cc1cccc(CC2CCOC2=O)c1. The highest BCUT2D eigenvalue weighted by molar-refractivity contribution is 5.74. The molecule has 92 valence electrons. The molecule has 0 aromatic heterocycles. The Morgan fingerprint density at radius 3 is 2.76 bits per heavy atom. The Bertz CT molecular complexity index is 401. The van der Waals surface area contributed by atoms with Gasteiger partial charge in [0.1, 0.15) is 0 Å². The average Bonchev–Trinajstić information content (AvgIpc) is 2.64. The van der Waals surface area contributed by atoms with Gasteiger partial charge in [-0.15, -0.1) is 0 Å². The van der Waals surface area contributed by atoms with Crippen LogP contribution in [0.1, 0.15) is 17.5 Å². The third-order valence-electron chi connectivity index (χ3n) is 3.02. The van der Waals surface area contributed by atoms with E-state index in [4.69, 9.17) is 4.74 Å². The van der Waals surface area contributed by atoms with E-state index in [1.807, 2.05) is 0 Å². The maximum atomic E-state index is 11.4. The van der Waals surface area contributed by atoms with E-state index >= 15 is 0 Å². The smallest absolute Gasteiger partial charge is 0.309 e. The number of cyclic esters (lactones) is 1. The van der Waals surface area contributed by atoms with Gasteiger partial charge >= 0.3 is 5.97 Å². The number of carbonyl (C=O) groups is 1. The predicted molar refractivity (Wildman–Crippen MR) is 66.6 cm³/mol. The Balaban J connectivity index is 2.03. The van der Waals surface area contributed by atoms with Gasteiger partial charge in [0, 0.05) is 6.54 Å². The van der Waals surface area contributed by atoms with E-state index in [9.17, 15) is 4.79 Å². The molecular weight excluding hydrogens is 214 g/mol. The predicted octanol–water partition coefficient (Wildman–Crippen LogP) is 1.85. The van der Waals surface area contributed by atoms with Gasteiger partial charge in [0.25, 0.3) is 0 Å². The summed E-state index contributed by atoms with van der Waals surface area (Å²) in [4.78, 5) is 13.6. The van der Waals surface area contributed by atoms with Crippen molar-refractivity contribution in [2.75, 3.05) is 20.7 Å². The quantitative estimate of drug-likeness (QED) is 0.743. The van der Waals surface area contributed by atoms with E-state index in [1.165, 1.54) is 11.1 Å². The van der Waals surface area contributed by atoms with Gasteiger partial charge in [-0.2, -0.15) is 0 Å². The molecule has 1 saturated heterocycles. The molecule has 3 heteroatoms. The van der Waals surface area contributed by atoms with Crippen LogP contribution in [0.5, 0.6) is 0 Å². The van der Waals surface area contributed by atoms with Gasteiger partial charge in [0.2, 0.25) is 0 Å². The Kier molecular flexibility index (Phi) is 3.79. The third-order valence-corrected chi connectivity index (χ3v) is 3.02. The van der Waals surface area contributed by atoms with Gasteiger partial charge in [0.15, 0.2) is 0 Å². The van der Waals surface area contributed by atoms with Crippen LogP contribution in [0, 0.1) is 5.92 Å². The van der Waals surface area contributed by atoms with E-state index in [0.29, 0.717) is 6.61 Å². The molecule has 0 bridgehead atoms. The fourth-order valence-corrected chi connectivity index (χ4v) is 2.23. The summed E-state index contributed by atoms with van der Waals surface area (Å²) in [7, 11) is 4.11. The van der Waals surface area contributed by atoms with Crippen molar-refractivity contribution in [1.29, 1.82) is 0 Å². The Morgan fingerprint density at radius 2 is 2.12 bits per heavy atom. The van der Waals surface area contributed by atoms with Gasteiger partial charge in [-0.3, -0.25) is 4.79 Å². The van der Waals surface area contributed by atoms with Gasteiger partial charge in [-0.25, -0.2) is 0 Å². The molecule has 0 saturated carbocycles. The summed E-state index contributed by atoms with van der Waals surface area (Å²) in [5, 5.41) is 0. The lowest BCUT2D eigenvalue weighted by molar-refractivity contribution is -0.141. The summed E-state index contributed by atoms with van der Waals surface area (Å²) in [5.41, 5.74) is 2.52. The fourth-order valence-electron chi connectivity index (χ4n) is 2.23. The van der Waals surface area contributed by atoms with Gasteiger partial charge in [0.05, 0.1) is 12.5 Å². The number of ether oxygens (including phenoxy) is 1. The van der Waals surface area contributed by atoms with Crippen LogP contribution >= 0.6 is 0 Å². The summed E-state index contributed by atoms with van der Waals surface area (Å²) in [6.07, 6.45) is 1.66. The summed E-state index contributed by atoms with van der Waals surface area (Å²) in [5.74, 6) is 0.0209. The zero-order chi connectivity index (χ0) is 12.3. The minimum atomic E-state index is -0.0389. The van der Waals surface area contributed by atoms with Crippen molar-refractivity contribution < 1.29 is 9.53 Å². The van der Waals surface area contributed by atoms with Crippen LogP contribution in [0.2, 0.25) is 0 Å². The Hall–Kier alpha value is -1.35. The van der Waals surface area contributed by atoms with Crippen molar-refractivity contribution in [3.8, 4) is 0 Å². The lowest BCUT2D eigenvalue weighted by atomic mass is 9.97. The second-order valence-electron chi connectivity index (χ2n) is 4.91. The molecule has 0 radical (unpaired) electrons. The highest BCUT2D eigenvalue weighted by Crippen LogP contribution is 2.20. The zero-order valence-electron chi connectivity index (χ0n) is 10.5. The monoisotopic (exact) mass is 233 g/mol. The number of rotatable bonds is 4. The van der Waals surface area contributed by atoms with Crippen molar-refractivity contribution in [2.24, 2.45) is 5.92 Å². The van der Waals surface area contributed by atoms with E-state index in [2.05, 4.69) is 43.3 Å². The Morgan fingerprint density at radius 1 is 1.35 bits per heavy atom. The lowest BCUT2D eigenvalue weighted by Crippen LogP contribution is -2.12. The van der Waals surface area contributed by atoms with Crippen LogP contribution in [-0.4, -0.2) is 31.6 Å². The molecule has 1 aromatic carbocycles. The Labute approximate surface area is 102 Å². The van der Waals surface area contributed by atoms with Crippen LogP contribution in [0.3, 0.4) is 0 Å². The first kappa shape index (κ1) is 12.1. The van der Waals surface area contributed by atoms with Crippen LogP contribution in [0.25, 0.3) is 0 Å². The number of benzene rings is 1. The van der Waals surface area contributed by atoms with E-state index in [1.54, 1.807) is 0 Å². The molecule has 1 heterocycles. The van der Waals surface area contributed by atoms with Crippen molar-refractivity contribution in [1.82, 2.24) is 4.90 Å². The minimum Gasteiger partial charge on any atom is -0.465 e. The molecule has 0 amide bonds. The summed E-state index contributed by atoms with van der Waals surface area (Å²) >= 11 is 0. The number of hydrogen-bond acceptors (Lipinski definition) is 3. The van der Waals surface area contributed by atoms with Crippen LogP contribution in [-0.2, 0) is 22.5 Å². The van der Waals surface area contributed by atoms with Crippen molar-refractivity contribution in [3.05, 3.63) is 35.4 Å². The molecule has 1 atom stereocenters. The number of nitrogens with zero attached hydrogens (tertiary/aromatic N) is 1. The highest BCUT2D eigenvalue weighted by atomic mass is 16.5. The number of carbonyl (C=O) groups excluding carboxylic acids is 1. The first-order valence-corrected chi connectivity index (χ1v) is 6.04. The molecular formula is C14H19NO2. The molecule has 0 spiro atoms. The molecule has 0 aliphatic carbocycles. The molecule has 0 N–H and O–H groups in total. The highest BCUT2D eigenvalue weighted by Gasteiger charge is 2.26. The molecule has 1 fully saturated rings. The fraction of sp³-hybridized carbons (Fsp3) is 0.500. The molecule has 1 aliphatic heterocycles. The second kappa shape index (κ2) is 5.32. The van der Waals surface area contributed by atoms with Crippen LogP contribution in [0.4, 0.5) is 0 Å². The van der Waals surface area contributed by atoms with Crippen molar-refractivity contribution in [2.45, 2.75) is 19.4 Å². The molecule has 2 rings (SSSR count). The van der Waals surface area contributed by atoms with Crippen LogP contribution < -0.4 is 0 Å². The summed E-state index contributed by atoms with van der Waals surface area (Å²) < 4.78 is 4.99. The summed E-state index contributed by atoms with van der Waals surface area (Å²) in [6, 6.07) is 8.46. The normalized spacial score (nSPS) is 19.7. The number of esters is 1.